The first-order valence-electron chi connectivity index (χ1n) is 5.43. The number of H-pyrrole nitrogens is 1. The van der Waals surface area contributed by atoms with Gasteiger partial charge < -0.3 is 9.55 Å². The van der Waals surface area contributed by atoms with Gasteiger partial charge in [-0.05, 0) is 19.3 Å². The Bertz CT molecular complexity index is 595. The van der Waals surface area contributed by atoms with Crippen molar-refractivity contribution < 1.29 is 0 Å². The Kier molecular flexibility index (Phi) is 2.32. The van der Waals surface area contributed by atoms with Gasteiger partial charge in [0.05, 0.1) is 18.7 Å². The number of aromatic nitrogens is 4. The number of nitrogens with one attached hydrogen (secondary N) is 1. The van der Waals surface area contributed by atoms with Crippen molar-refractivity contribution >= 4 is 23.4 Å². The first kappa shape index (κ1) is 9.72. The second-order valence-electron chi connectivity index (χ2n) is 3.98. The molecule has 3 rings (SSSR count). The standard InChI is InChI=1S/C11H12N4S/c16-11-9-10(12-6-13-11)15(7-14-9)8-4-2-1-3-5-8/h2,4,6-8H,1,3,5H2,(H,12,13,16). The van der Waals surface area contributed by atoms with Gasteiger partial charge in [0.25, 0.3) is 0 Å². The highest BCUT2D eigenvalue weighted by atomic mass is 32.1. The molecule has 1 N–H and O–H groups in total. The van der Waals surface area contributed by atoms with Crippen molar-refractivity contribution in [2.24, 2.45) is 0 Å². The zero-order chi connectivity index (χ0) is 11.0. The fourth-order valence-electron chi connectivity index (χ4n) is 2.15. The maximum atomic E-state index is 5.14. The summed E-state index contributed by atoms with van der Waals surface area (Å²) in [6.07, 6.45) is 11.5. The van der Waals surface area contributed by atoms with E-state index in [1.807, 2.05) is 6.33 Å². The molecule has 0 aliphatic heterocycles. The third-order valence-electron chi connectivity index (χ3n) is 2.97. The molecule has 0 amide bonds. The molecule has 1 aliphatic rings. The van der Waals surface area contributed by atoms with E-state index in [-0.39, 0.29) is 0 Å². The van der Waals surface area contributed by atoms with Crippen LogP contribution in [0.15, 0.2) is 24.8 Å². The largest absolute Gasteiger partial charge is 0.330 e. The topological polar surface area (TPSA) is 46.5 Å². The molecule has 0 radical (unpaired) electrons. The number of allylic oxidation sites excluding steroid dienone is 2. The molecule has 5 heteroatoms. The molecule has 16 heavy (non-hydrogen) atoms. The summed E-state index contributed by atoms with van der Waals surface area (Å²) in [5, 5.41) is 0. The van der Waals surface area contributed by atoms with Crippen LogP contribution in [0.3, 0.4) is 0 Å². The van der Waals surface area contributed by atoms with Crippen LogP contribution in [0.5, 0.6) is 0 Å². The van der Waals surface area contributed by atoms with Gasteiger partial charge in [-0.25, -0.2) is 9.97 Å². The van der Waals surface area contributed by atoms with Crippen molar-refractivity contribution in [1.82, 2.24) is 19.5 Å². The Morgan fingerprint density at radius 2 is 2.38 bits per heavy atom. The summed E-state index contributed by atoms with van der Waals surface area (Å²) >= 11 is 5.14. The summed E-state index contributed by atoms with van der Waals surface area (Å²) < 4.78 is 2.70. The van der Waals surface area contributed by atoms with Gasteiger partial charge in [0.1, 0.15) is 11.2 Å². The second kappa shape index (κ2) is 3.83. The highest BCUT2D eigenvalue weighted by Crippen LogP contribution is 2.25. The zero-order valence-corrected chi connectivity index (χ0v) is 9.57. The summed E-state index contributed by atoms with van der Waals surface area (Å²) in [6, 6.07) is 0.395. The lowest BCUT2D eigenvalue weighted by molar-refractivity contribution is 0.525. The van der Waals surface area contributed by atoms with Crippen molar-refractivity contribution in [1.29, 1.82) is 0 Å². The lowest BCUT2D eigenvalue weighted by Gasteiger charge is -2.18. The molecule has 0 spiro atoms. The van der Waals surface area contributed by atoms with Gasteiger partial charge in [-0.15, -0.1) is 0 Å². The van der Waals surface area contributed by atoms with Crippen LogP contribution in [0.1, 0.15) is 25.3 Å². The molecule has 82 valence electrons. The third kappa shape index (κ3) is 1.48. The van der Waals surface area contributed by atoms with E-state index in [1.165, 1.54) is 12.8 Å². The average Bonchev–Trinajstić information content (AvgIpc) is 2.75. The van der Waals surface area contributed by atoms with E-state index in [0.717, 1.165) is 17.6 Å². The first-order chi connectivity index (χ1) is 7.86. The molecule has 0 fully saturated rings. The van der Waals surface area contributed by atoms with E-state index in [4.69, 9.17) is 12.2 Å². The molecule has 1 atom stereocenters. The van der Waals surface area contributed by atoms with Crippen LogP contribution in [-0.2, 0) is 0 Å². The number of imidazole rings is 1. The van der Waals surface area contributed by atoms with Crippen molar-refractivity contribution in [3.63, 3.8) is 0 Å². The first-order valence-corrected chi connectivity index (χ1v) is 5.84. The molecular weight excluding hydrogens is 220 g/mol. The van der Waals surface area contributed by atoms with Crippen LogP contribution in [0.2, 0.25) is 0 Å². The van der Waals surface area contributed by atoms with E-state index in [2.05, 4.69) is 31.7 Å². The highest BCUT2D eigenvalue weighted by Gasteiger charge is 2.14. The Morgan fingerprint density at radius 3 is 3.19 bits per heavy atom. The average molecular weight is 232 g/mol. The van der Waals surface area contributed by atoms with Crippen LogP contribution in [0, 0.1) is 4.64 Å². The predicted molar refractivity (Wildman–Crippen MR) is 64.7 cm³/mol. The van der Waals surface area contributed by atoms with E-state index < -0.39 is 0 Å². The Balaban J connectivity index is 2.17. The maximum absolute atomic E-state index is 5.14. The fourth-order valence-corrected chi connectivity index (χ4v) is 2.35. The Hall–Kier alpha value is -1.49. The number of fused-ring (bicyclic) bond motifs is 1. The number of rotatable bonds is 1. The molecule has 2 aromatic rings. The molecule has 0 bridgehead atoms. The summed E-state index contributed by atoms with van der Waals surface area (Å²) in [5.41, 5.74) is 1.76. The molecule has 1 unspecified atom stereocenters. The minimum atomic E-state index is 0.395. The van der Waals surface area contributed by atoms with Crippen molar-refractivity contribution in [2.75, 3.05) is 0 Å². The van der Waals surface area contributed by atoms with Crippen molar-refractivity contribution in [2.45, 2.75) is 25.3 Å². The summed E-state index contributed by atoms with van der Waals surface area (Å²) in [7, 11) is 0. The van der Waals surface area contributed by atoms with E-state index in [1.54, 1.807) is 6.33 Å². The third-order valence-corrected chi connectivity index (χ3v) is 3.26. The summed E-state index contributed by atoms with van der Waals surface area (Å²) in [4.78, 5) is 11.5. The molecule has 2 aromatic heterocycles. The normalized spacial score (nSPS) is 20.4. The monoisotopic (exact) mass is 232 g/mol. The molecule has 4 nitrogen and oxygen atoms in total. The van der Waals surface area contributed by atoms with Gasteiger partial charge in [0, 0.05) is 0 Å². The summed E-state index contributed by atoms with van der Waals surface area (Å²) in [5.74, 6) is 0. The van der Waals surface area contributed by atoms with Crippen molar-refractivity contribution in [3.05, 3.63) is 29.4 Å². The van der Waals surface area contributed by atoms with E-state index >= 15 is 0 Å². The van der Waals surface area contributed by atoms with Gasteiger partial charge in [0.15, 0.2) is 4.64 Å². The van der Waals surface area contributed by atoms with Gasteiger partial charge in [-0.1, -0.05) is 24.4 Å². The quantitative estimate of drug-likeness (QED) is 0.607. The highest BCUT2D eigenvalue weighted by molar-refractivity contribution is 7.71. The minimum absolute atomic E-state index is 0.395. The van der Waals surface area contributed by atoms with E-state index in [0.29, 0.717) is 10.7 Å². The van der Waals surface area contributed by atoms with E-state index in [9.17, 15) is 0 Å². The molecular formula is C11H12N4S. The maximum Gasteiger partial charge on any atom is 0.157 e. The van der Waals surface area contributed by atoms with Gasteiger partial charge in [-0.2, -0.15) is 0 Å². The molecule has 1 aliphatic carbocycles. The lowest BCUT2D eigenvalue weighted by atomic mass is 10.0. The molecule has 2 heterocycles. The lowest BCUT2D eigenvalue weighted by Crippen LogP contribution is -2.08. The molecule has 0 aromatic carbocycles. The number of nitrogens with zero attached hydrogens (tertiary/aromatic N) is 3. The smallest absolute Gasteiger partial charge is 0.157 e. The SMILES string of the molecule is S=c1nc[nH]c2c1ncn2C1C=CCCC1. The van der Waals surface area contributed by atoms with Crippen LogP contribution in [0.4, 0.5) is 0 Å². The number of hydrogen-bond donors (Lipinski definition) is 1. The number of aromatic amines is 1. The molecule has 0 saturated carbocycles. The van der Waals surface area contributed by atoms with Gasteiger partial charge >= 0.3 is 0 Å². The zero-order valence-electron chi connectivity index (χ0n) is 8.76. The van der Waals surface area contributed by atoms with Gasteiger partial charge in [-0.3, -0.25) is 0 Å². The minimum Gasteiger partial charge on any atom is -0.330 e. The van der Waals surface area contributed by atoms with Crippen LogP contribution < -0.4 is 0 Å². The van der Waals surface area contributed by atoms with Gasteiger partial charge in [0.2, 0.25) is 0 Å². The van der Waals surface area contributed by atoms with Crippen LogP contribution in [-0.4, -0.2) is 19.5 Å². The van der Waals surface area contributed by atoms with Crippen LogP contribution in [0.25, 0.3) is 11.2 Å². The van der Waals surface area contributed by atoms with Crippen LogP contribution >= 0.6 is 12.2 Å². The second-order valence-corrected chi connectivity index (χ2v) is 4.37. The van der Waals surface area contributed by atoms with Crippen molar-refractivity contribution in [3.8, 4) is 0 Å². The predicted octanol–water partition coefficient (Wildman–Crippen LogP) is 2.77. The Labute approximate surface area is 98.0 Å². The number of hydrogen-bond acceptors (Lipinski definition) is 3. The Morgan fingerprint density at radius 1 is 1.44 bits per heavy atom. The summed E-state index contributed by atoms with van der Waals surface area (Å²) in [6.45, 7) is 0. The molecule has 0 saturated heterocycles. The fraction of sp³-hybridized carbons (Fsp3) is 0.364.